The van der Waals surface area contributed by atoms with Crippen molar-refractivity contribution in [2.45, 2.75) is 38.3 Å². The summed E-state index contributed by atoms with van der Waals surface area (Å²) in [6.45, 7) is 0.000389. The third-order valence-electron chi connectivity index (χ3n) is 5.12. The van der Waals surface area contributed by atoms with Gasteiger partial charge in [-0.25, -0.2) is 9.97 Å². The van der Waals surface area contributed by atoms with E-state index in [9.17, 15) is 9.59 Å². The van der Waals surface area contributed by atoms with Crippen molar-refractivity contribution >= 4 is 49.0 Å². The molecule has 8 heteroatoms. The van der Waals surface area contributed by atoms with Crippen LogP contribution in [0, 0.1) is 0 Å². The highest BCUT2D eigenvalue weighted by Gasteiger charge is 2.19. The maximum atomic E-state index is 12.9. The zero-order chi connectivity index (χ0) is 19.1. The molecular weight excluding hydrogens is 392 g/mol. The van der Waals surface area contributed by atoms with Crippen LogP contribution in [0.5, 0.6) is 0 Å². The first-order valence-electron chi connectivity index (χ1n) is 9.31. The molecule has 6 nitrogen and oxygen atoms in total. The maximum absolute atomic E-state index is 12.9. The van der Waals surface area contributed by atoms with E-state index in [2.05, 4.69) is 10.3 Å². The van der Waals surface area contributed by atoms with E-state index in [1.165, 1.54) is 22.2 Å². The third kappa shape index (κ3) is 3.12. The second kappa shape index (κ2) is 7.10. The van der Waals surface area contributed by atoms with Crippen molar-refractivity contribution in [2.24, 2.45) is 0 Å². The SMILES string of the molecule is O=C(Cn1cnc2c(sc3nc(-c4cccs4)ccc32)c1=O)NC1CCCC1. The van der Waals surface area contributed by atoms with Gasteiger partial charge in [-0.3, -0.25) is 14.2 Å². The molecule has 0 spiro atoms. The van der Waals surface area contributed by atoms with Gasteiger partial charge in [-0.15, -0.1) is 22.7 Å². The molecule has 0 bridgehead atoms. The lowest BCUT2D eigenvalue weighted by atomic mass is 10.2. The molecule has 4 heterocycles. The Morgan fingerprint density at radius 3 is 2.89 bits per heavy atom. The summed E-state index contributed by atoms with van der Waals surface area (Å²) in [7, 11) is 0. The second-order valence-corrected chi connectivity index (χ2v) is 8.98. The number of carbonyl (C=O) groups excluding carboxylic acids is 1. The lowest BCUT2D eigenvalue weighted by Crippen LogP contribution is -2.37. The lowest BCUT2D eigenvalue weighted by Gasteiger charge is -2.12. The van der Waals surface area contributed by atoms with Crippen LogP contribution < -0.4 is 10.9 Å². The van der Waals surface area contributed by atoms with Crippen molar-refractivity contribution < 1.29 is 4.79 Å². The average Bonchev–Trinajstić information content (AvgIpc) is 3.44. The fraction of sp³-hybridized carbons (Fsp3) is 0.300. The van der Waals surface area contributed by atoms with Crippen molar-refractivity contribution in [2.75, 3.05) is 0 Å². The summed E-state index contributed by atoms with van der Waals surface area (Å²) in [4.78, 5) is 36.3. The van der Waals surface area contributed by atoms with Crippen molar-refractivity contribution in [3.8, 4) is 10.6 Å². The fourth-order valence-electron chi connectivity index (χ4n) is 3.72. The molecule has 28 heavy (non-hydrogen) atoms. The average molecular weight is 411 g/mol. The zero-order valence-corrected chi connectivity index (χ0v) is 16.7. The Hall–Kier alpha value is -2.58. The molecule has 4 aromatic heterocycles. The molecule has 0 aromatic carbocycles. The van der Waals surface area contributed by atoms with E-state index in [0.29, 0.717) is 10.2 Å². The zero-order valence-electron chi connectivity index (χ0n) is 15.1. The highest BCUT2D eigenvalue weighted by atomic mass is 32.1. The molecule has 0 aliphatic heterocycles. The van der Waals surface area contributed by atoms with Crippen LogP contribution in [-0.2, 0) is 11.3 Å². The molecule has 5 rings (SSSR count). The van der Waals surface area contributed by atoms with Gasteiger partial charge in [-0.2, -0.15) is 0 Å². The number of aromatic nitrogens is 3. The molecule has 0 unspecified atom stereocenters. The Labute approximate surface area is 168 Å². The van der Waals surface area contributed by atoms with E-state index in [1.807, 2.05) is 29.6 Å². The van der Waals surface area contributed by atoms with Gasteiger partial charge in [-0.1, -0.05) is 18.9 Å². The lowest BCUT2D eigenvalue weighted by molar-refractivity contribution is -0.122. The summed E-state index contributed by atoms with van der Waals surface area (Å²) in [6.07, 6.45) is 5.82. The number of thiophene rings is 2. The Kier molecular flexibility index (Phi) is 4.44. The smallest absolute Gasteiger partial charge is 0.271 e. The number of hydrogen-bond donors (Lipinski definition) is 1. The Bertz CT molecular complexity index is 1220. The molecule has 1 N–H and O–H groups in total. The van der Waals surface area contributed by atoms with Crippen LogP contribution in [0.3, 0.4) is 0 Å². The molecule has 1 saturated carbocycles. The monoisotopic (exact) mass is 410 g/mol. The van der Waals surface area contributed by atoms with E-state index in [-0.39, 0.29) is 24.1 Å². The number of carbonyl (C=O) groups is 1. The molecule has 142 valence electrons. The normalized spacial score (nSPS) is 14.9. The molecule has 1 amide bonds. The molecule has 0 atom stereocenters. The largest absolute Gasteiger partial charge is 0.352 e. The minimum atomic E-state index is -0.188. The highest BCUT2D eigenvalue weighted by molar-refractivity contribution is 7.25. The Balaban J connectivity index is 1.49. The summed E-state index contributed by atoms with van der Waals surface area (Å²) < 4.78 is 1.93. The minimum Gasteiger partial charge on any atom is -0.352 e. The number of nitrogens with zero attached hydrogens (tertiary/aromatic N) is 3. The first-order chi connectivity index (χ1) is 13.7. The van der Waals surface area contributed by atoms with E-state index >= 15 is 0 Å². The van der Waals surface area contributed by atoms with Gasteiger partial charge in [0, 0.05) is 11.4 Å². The molecule has 1 aliphatic carbocycles. The number of fused-ring (bicyclic) bond motifs is 3. The van der Waals surface area contributed by atoms with Crippen LogP contribution in [-0.4, -0.2) is 26.5 Å². The molecule has 0 saturated heterocycles. The van der Waals surface area contributed by atoms with E-state index in [0.717, 1.165) is 46.5 Å². The number of pyridine rings is 1. The van der Waals surface area contributed by atoms with Crippen LogP contribution in [0.15, 0.2) is 40.8 Å². The van der Waals surface area contributed by atoms with Crippen LogP contribution in [0.4, 0.5) is 0 Å². The maximum Gasteiger partial charge on any atom is 0.271 e. The molecular formula is C20H18N4O2S2. The van der Waals surface area contributed by atoms with E-state index in [1.54, 1.807) is 11.3 Å². The van der Waals surface area contributed by atoms with Crippen LogP contribution in [0.2, 0.25) is 0 Å². The summed E-state index contributed by atoms with van der Waals surface area (Å²) in [5.41, 5.74) is 1.36. The number of hydrogen-bond acceptors (Lipinski definition) is 6. The molecule has 4 aromatic rings. The summed E-state index contributed by atoms with van der Waals surface area (Å²) >= 11 is 2.97. The van der Waals surface area contributed by atoms with Crippen molar-refractivity contribution in [1.29, 1.82) is 0 Å². The Morgan fingerprint density at radius 2 is 2.11 bits per heavy atom. The van der Waals surface area contributed by atoms with Gasteiger partial charge in [0.05, 0.1) is 22.4 Å². The Morgan fingerprint density at radius 1 is 1.25 bits per heavy atom. The van der Waals surface area contributed by atoms with Gasteiger partial charge in [-0.05, 0) is 36.4 Å². The van der Waals surface area contributed by atoms with Crippen molar-refractivity contribution in [3.05, 3.63) is 46.3 Å². The third-order valence-corrected chi connectivity index (χ3v) is 7.09. The van der Waals surface area contributed by atoms with Crippen molar-refractivity contribution in [3.63, 3.8) is 0 Å². The number of amides is 1. The fourth-order valence-corrected chi connectivity index (χ4v) is 5.49. The van der Waals surface area contributed by atoms with Crippen LogP contribution >= 0.6 is 22.7 Å². The van der Waals surface area contributed by atoms with Gasteiger partial charge in [0.15, 0.2) is 0 Å². The van der Waals surface area contributed by atoms with Gasteiger partial charge in [0.1, 0.15) is 16.1 Å². The molecule has 1 fully saturated rings. The van der Waals surface area contributed by atoms with Gasteiger partial charge < -0.3 is 5.32 Å². The number of rotatable bonds is 4. The predicted molar refractivity (Wildman–Crippen MR) is 113 cm³/mol. The topological polar surface area (TPSA) is 76.9 Å². The van der Waals surface area contributed by atoms with E-state index in [4.69, 9.17) is 4.98 Å². The number of nitrogens with one attached hydrogen (secondary N) is 1. The van der Waals surface area contributed by atoms with Crippen LogP contribution in [0.25, 0.3) is 31.0 Å². The quantitative estimate of drug-likeness (QED) is 0.555. The molecule has 0 radical (unpaired) electrons. The van der Waals surface area contributed by atoms with Crippen molar-refractivity contribution in [1.82, 2.24) is 19.9 Å². The summed E-state index contributed by atoms with van der Waals surface area (Å²) in [5.74, 6) is -0.130. The standard InChI is InChI=1S/C20H18N4O2S2/c25-16(22-12-4-1-2-5-12)10-24-11-21-17-13-7-8-14(15-6-3-9-27-15)23-19(13)28-18(17)20(24)26/h3,6-9,11-12H,1-2,4-5,10H2,(H,22,25). The summed E-state index contributed by atoms with van der Waals surface area (Å²) in [6, 6.07) is 8.19. The molecule has 1 aliphatic rings. The van der Waals surface area contributed by atoms with Crippen LogP contribution in [0.1, 0.15) is 25.7 Å². The highest BCUT2D eigenvalue weighted by Crippen LogP contribution is 2.32. The van der Waals surface area contributed by atoms with Gasteiger partial charge >= 0.3 is 0 Å². The first kappa shape index (κ1) is 17.5. The first-order valence-corrected chi connectivity index (χ1v) is 11.0. The second-order valence-electron chi connectivity index (χ2n) is 7.03. The van der Waals surface area contributed by atoms with Gasteiger partial charge in [0.25, 0.3) is 5.56 Å². The summed E-state index contributed by atoms with van der Waals surface area (Å²) in [5, 5.41) is 5.91. The van der Waals surface area contributed by atoms with Gasteiger partial charge in [0.2, 0.25) is 5.91 Å². The van der Waals surface area contributed by atoms with E-state index < -0.39 is 0 Å². The predicted octanol–water partition coefficient (Wildman–Crippen LogP) is 3.79. The minimum absolute atomic E-state index is 0.000389.